The summed E-state index contributed by atoms with van der Waals surface area (Å²) >= 11 is 7.08. The molecule has 1 atom stereocenters. The predicted molar refractivity (Wildman–Crippen MR) is 81.8 cm³/mol. The van der Waals surface area contributed by atoms with Gasteiger partial charge in [0.25, 0.3) is 0 Å². The quantitative estimate of drug-likeness (QED) is 0.903. The Morgan fingerprint density at radius 1 is 1.62 bits per heavy atom. The summed E-state index contributed by atoms with van der Waals surface area (Å²) in [5.74, 6) is 0. The minimum absolute atomic E-state index is 0.00716. The van der Waals surface area contributed by atoms with Crippen molar-refractivity contribution in [3.63, 3.8) is 0 Å². The third-order valence-electron chi connectivity index (χ3n) is 2.94. The van der Waals surface area contributed by atoms with Gasteiger partial charge in [-0.25, -0.2) is 4.79 Å². The van der Waals surface area contributed by atoms with E-state index >= 15 is 0 Å². The molecule has 1 fully saturated rings. The molecule has 1 N–H and O–H groups in total. The number of nitrogens with one attached hydrogen (secondary N) is 1. The monoisotopic (exact) mass is 328 g/mol. The molecule has 6 nitrogen and oxygen atoms in total. The van der Waals surface area contributed by atoms with Crippen LogP contribution in [0.5, 0.6) is 0 Å². The second kappa shape index (κ2) is 6.08. The number of amides is 1. The molecular weight excluding hydrogens is 312 g/mol. The van der Waals surface area contributed by atoms with Gasteiger partial charge in [-0.2, -0.15) is 9.64 Å². The average Bonchev–Trinajstić information content (AvgIpc) is 2.92. The summed E-state index contributed by atoms with van der Waals surface area (Å²) in [5, 5.41) is 12.9. The van der Waals surface area contributed by atoms with E-state index in [2.05, 4.69) is 15.8 Å². The summed E-state index contributed by atoms with van der Waals surface area (Å²) in [6.07, 6.45) is 0.372. The third kappa shape index (κ3) is 3.99. The fourth-order valence-corrected chi connectivity index (χ4v) is 3.17. The topological polar surface area (TPSA) is 78.2 Å². The van der Waals surface area contributed by atoms with Crippen molar-refractivity contribution in [2.45, 2.75) is 38.8 Å². The number of hydrogen-bond acceptors (Lipinski definition) is 6. The molecule has 2 rings (SSSR count). The Bertz CT molecular complexity index is 576. The van der Waals surface area contributed by atoms with Gasteiger partial charge in [0.15, 0.2) is 5.15 Å². The first-order valence-corrected chi connectivity index (χ1v) is 7.75. The summed E-state index contributed by atoms with van der Waals surface area (Å²) in [6, 6.07) is 2.06. The van der Waals surface area contributed by atoms with Gasteiger partial charge in [-0.15, -0.1) is 0 Å². The van der Waals surface area contributed by atoms with E-state index in [1.54, 1.807) is 0 Å². The Morgan fingerprint density at radius 2 is 2.33 bits per heavy atom. The van der Waals surface area contributed by atoms with Crippen LogP contribution in [-0.4, -0.2) is 35.2 Å². The number of alkyl carbamates (subject to hydrolysis) is 1. The van der Waals surface area contributed by atoms with Crippen LogP contribution in [0, 0.1) is 11.3 Å². The van der Waals surface area contributed by atoms with Crippen LogP contribution in [0.1, 0.15) is 32.8 Å². The number of ether oxygens (including phenoxy) is 1. The highest BCUT2D eigenvalue weighted by Crippen LogP contribution is 2.33. The van der Waals surface area contributed by atoms with Gasteiger partial charge in [-0.3, -0.25) is 0 Å². The van der Waals surface area contributed by atoms with E-state index in [1.165, 1.54) is 11.5 Å². The molecule has 0 aromatic carbocycles. The SMILES string of the molecule is CC(C)(C)OC(=O)N[C@H]1CCN(c2snc(Cl)c2C#N)C1. The van der Waals surface area contributed by atoms with Crippen LogP contribution in [0.25, 0.3) is 0 Å². The minimum Gasteiger partial charge on any atom is -0.444 e. The van der Waals surface area contributed by atoms with Crippen molar-refractivity contribution in [1.82, 2.24) is 9.69 Å². The largest absolute Gasteiger partial charge is 0.444 e. The Kier molecular flexibility index (Phi) is 4.59. The Labute approximate surface area is 132 Å². The van der Waals surface area contributed by atoms with E-state index in [4.69, 9.17) is 21.6 Å². The smallest absolute Gasteiger partial charge is 0.407 e. The number of aromatic nitrogens is 1. The molecule has 0 radical (unpaired) electrons. The molecule has 21 heavy (non-hydrogen) atoms. The first-order chi connectivity index (χ1) is 9.80. The van der Waals surface area contributed by atoms with Gasteiger partial charge in [0, 0.05) is 13.1 Å². The van der Waals surface area contributed by atoms with Crippen LogP contribution in [0.3, 0.4) is 0 Å². The van der Waals surface area contributed by atoms with Crippen LogP contribution >= 0.6 is 23.1 Å². The maximum atomic E-state index is 11.8. The first-order valence-electron chi connectivity index (χ1n) is 6.60. The molecule has 1 aromatic heterocycles. The normalized spacial score (nSPS) is 18.4. The van der Waals surface area contributed by atoms with Crippen LogP contribution in [-0.2, 0) is 4.74 Å². The van der Waals surface area contributed by atoms with E-state index in [9.17, 15) is 4.79 Å². The van der Waals surface area contributed by atoms with Crippen molar-refractivity contribution in [3.8, 4) is 6.07 Å². The van der Waals surface area contributed by atoms with E-state index in [0.29, 0.717) is 12.1 Å². The molecule has 1 aromatic rings. The van der Waals surface area contributed by atoms with Crippen LogP contribution in [0.15, 0.2) is 0 Å². The highest BCUT2D eigenvalue weighted by atomic mass is 35.5. The highest BCUT2D eigenvalue weighted by Gasteiger charge is 2.29. The molecule has 1 aliphatic rings. The van der Waals surface area contributed by atoms with Gasteiger partial charge in [0.1, 0.15) is 22.2 Å². The zero-order valence-electron chi connectivity index (χ0n) is 12.1. The van der Waals surface area contributed by atoms with Crippen molar-refractivity contribution < 1.29 is 9.53 Å². The van der Waals surface area contributed by atoms with Gasteiger partial charge in [0.05, 0.1) is 6.04 Å². The molecule has 8 heteroatoms. The van der Waals surface area contributed by atoms with Crippen molar-refractivity contribution in [3.05, 3.63) is 10.7 Å². The zero-order chi connectivity index (χ0) is 15.6. The Hall–Kier alpha value is -1.52. The predicted octanol–water partition coefficient (Wildman–Crippen LogP) is 2.77. The number of carbonyl (C=O) groups is 1. The summed E-state index contributed by atoms with van der Waals surface area (Å²) in [4.78, 5) is 13.8. The summed E-state index contributed by atoms with van der Waals surface area (Å²) in [6.45, 7) is 6.84. The van der Waals surface area contributed by atoms with Crippen molar-refractivity contribution in [1.29, 1.82) is 5.26 Å². The third-order valence-corrected chi connectivity index (χ3v) is 4.22. The summed E-state index contributed by atoms with van der Waals surface area (Å²) in [7, 11) is 0. The molecular formula is C13H17ClN4O2S. The molecule has 0 aliphatic carbocycles. The van der Waals surface area contributed by atoms with Gasteiger partial charge in [-0.1, -0.05) is 11.6 Å². The number of nitrogens with zero attached hydrogens (tertiary/aromatic N) is 3. The fourth-order valence-electron chi connectivity index (χ4n) is 2.11. The Morgan fingerprint density at radius 3 is 2.95 bits per heavy atom. The minimum atomic E-state index is -0.512. The molecule has 0 bridgehead atoms. The average molecular weight is 329 g/mol. The zero-order valence-corrected chi connectivity index (χ0v) is 13.7. The number of rotatable bonds is 2. The van der Waals surface area contributed by atoms with E-state index in [0.717, 1.165) is 18.0 Å². The molecule has 114 valence electrons. The maximum absolute atomic E-state index is 11.8. The van der Waals surface area contributed by atoms with Gasteiger partial charge in [0.2, 0.25) is 0 Å². The maximum Gasteiger partial charge on any atom is 0.407 e. The van der Waals surface area contributed by atoms with Gasteiger partial charge < -0.3 is 15.0 Å². The second-order valence-corrected chi connectivity index (χ2v) is 6.95. The summed E-state index contributed by atoms with van der Waals surface area (Å²) < 4.78 is 9.24. The lowest BCUT2D eigenvalue weighted by Gasteiger charge is -2.22. The molecule has 2 heterocycles. The second-order valence-electron chi connectivity index (χ2n) is 5.84. The fraction of sp³-hybridized carbons (Fsp3) is 0.615. The molecule has 1 saturated heterocycles. The number of hydrogen-bond donors (Lipinski definition) is 1. The van der Waals surface area contributed by atoms with Crippen LogP contribution < -0.4 is 10.2 Å². The van der Waals surface area contributed by atoms with E-state index in [1.807, 2.05) is 25.7 Å². The lowest BCUT2D eigenvalue weighted by molar-refractivity contribution is 0.0509. The first kappa shape index (κ1) is 15.9. The number of nitriles is 1. The molecule has 1 amide bonds. The lowest BCUT2D eigenvalue weighted by atomic mass is 10.2. The molecule has 1 aliphatic heterocycles. The molecule has 0 unspecified atom stereocenters. The lowest BCUT2D eigenvalue weighted by Crippen LogP contribution is -2.40. The number of halogens is 1. The number of anilines is 1. The number of carbonyl (C=O) groups excluding carboxylic acids is 1. The summed E-state index contributed by atoms with van der Waals surface area (Å²) in [5.41, 5.74) is -0.110. The highest BCUT2D eigenvalue weighted by molar-refractivity contribution is 7.10. The molecule has 0 spiro atoms. The van der Waals surface area contributed by atoms with Crippen molar-refractivity contribution in [2.24, 2.45) is 0 Å². The Balaban J connectivity index is 1.95. The van der Waals surface area contributed by atoms with E-state index < -0.39 is 11.7 Å². The van der Waals surface area contributed by atoms with Crippen molar-refractivity contribution in [2.75, 3.05) is 18.0 Å². The van der Waals surface area contributed by atoms with Crippen LogP contribution in [0.4, 0.5) is 9.80 Å². The van der Waals surface area contributed by atoms with Crippen LogP contribution in [0.2, 0.25) is 5.15 Å². The molecule has 0 saturated carbocycles. The standard InChI is InChI=1S/C13H17ClN4O2S/c1-13(2,3)20-12(19)16-8-4-5-18(7-8)11-9(6-15)10(14)17-21-11/h8H,4-5,7H2,1-3H3,(H,16,19)/t8-/m0/s1. The van der Waals surface area contributed by atoms with E-state index in [-0.39, 0.29) is 11.2 Å². The van der Waals surface area contributed by atoms with Gasteiger partial charge >= 0.3 is 6.09 Å². The van der Waals surface area contributed by atoms with Crippen molar-refractivity contribution >= 4 is 34.2 Å². The van der Waals surface area contributed by atoms with Gasteiger partial charge in [-0.05, 0) is 38.7 Å².